The second kappa shape index (κ2) is 5.36. The molecule has 3 rings (SSSR count). The number of nitrogens with zero attached hydrogens (tertiary/aromatic N) is 1. The van der Waals surface area contributed by atoms with Gasteiger partial charge < -0.3 is 4.98 Å². The van der Waals surface area contributed by atoms with E-state index in [9.17, 15) is 0 Å². The number of thiophene rings is 1. The summed E-state index contributed by atoms with van der Waals surface area (Å²) in [6.07, 6.45) is 0. The minimum Gasteiger partial charge on any atom is -0.338 e. The number of halogens is 1. The molecule has 0 radical (unpaired) electrons. The summed E-state index contributed by atoms with van der Waals surface area (Å²) in [6.45, 7) is 0. The average molecular weight is 349 g/mol. The van der Waals surface area contributed by atoms with E-state index in [2.05, 4.69) is 38.0 Å². The summed E-state index contributed by atoms with van der Waals surface area (Å²) in [6, 6.07) is 16.0. The first kappa shape index (κ1) is 12.7. The van der Waals surface area contributed by atoms with Crippen molar-refractivity contribution in [1.29, 1.82) is 0 Å². The SMILES string of the molecule is S=c1cc(-c2ccccc2)[nH]c(-c2ccc(Br)s2)n1. The lowest BCUT2D eigenvalue weighted by molar-refractivity contribution is 1.17. The third-order valence-electron chi connectivity index (χ3n) is 2.63. The van der Waals surface area contributed by atoms with Crippen LogP contribution >= 0.6 is 39.5 Å². The van der Waals surface area contributed by atoms with Crippen LogP contribution in [0, 0.1) is 4.64 Å². The Balaban J connectivity index is 2.14. The molecule has 0 aliphatic heterocycles. The number of aromatic amines is 1. The third kappa shape index (κ3) is 2.83. The predicted molar refractivity (Wildman–Crippen MR) is 85.9 cm³/mol. The second-order valence-electron chi connectivity index (χ2n) is 3.95. The molecule has 2 heterocycles. The Morgan fingerprint density at radius 3 is 2.58 bits per heavy atom. The molecule has 0 amide bonds. The summed E-state index contributed by atoms with van der Waals surface area (Å²) < 4.78 is 1.67. The second-order valence-corrected chi connectivity index (χ2v) is 6.83. The van der Waals surface area contributed by atoms with Crippen LogP contribution in [0.2, 0.25) is 0 Å². The normalized spacial score (nSPS) is 10.6. The van der Waals surface area contributed by atoms with Gasteiger partial charge >= 0.3 is 0 Å². The van der Waals surface area contributed by atoms with E-state index >= 15 is 0 Å². The van der Waals surface area contributed by atoms with Crippen molar-refractivity contribution in [3.63, 3.8) is 0 Å². The highest BCUT2D eigenvalue weighted by Crippen LogP contribution is 2.30. The fourth-order valence-corrected chi connectivity index (χ4v) is 3.33. The van der Waals surface area contributed by atoms with Crippen LogP contribution < -0.4 is 0 Å². The van der Waals surface area contributed by atoms with Gasteiger partial charge in [0.1, 0.15) is 10.5 Å². The number of hydrogen-bond acceptors (Lipinski definition) is 3. The van der Waals surface area contributed by atoms with Crippen molar-refractivity contribution < 1.29 is 0 Å². The lowest BCUT2D eigenvalue weighted by Crippen LogP contribution is -1.91. The Morgan fingerprint density at radius 1 is 1.11 bits per heavy atom. The highest BCUT2D eigenvalue weighted by atomic mass is 79.9. The van der Waals surface area contributed by atoms with Crippen LogP contribution in [0.15, 0.2) is 52.3 Å². The van der Waals surface area contributed by atoms with Crippen LogP contribution in [0.1, 0.15) is 0 Å². The Bertz CT molecular complexity index is 762. The van der Waals surface area contributed by atoms with Gasteiger partial charge in [0.2, 0.25) is 0 Å². The number of rotatable bonds is 2. The maximum Gasteiger partial charge on any atom is 0.149 e. The van der Waals surface area contributed by atoms with Gasteiger partial charge in [-0.15, -0.1) is 11.3 Å². The molecule has 0 aliphatic carbocycles. The zero-order valence-electron chi connectivity index (χ0n) is 9.76. The summed E-state index contributed by atoms with van der Waals surface area (Å²) in [5.41, 5.74) is 2.09. The number of hydrogen-bond donors (Lipinski definition) is 1. The fourth-order valence-electron chi connectivity index (χ4n) is 1.79. The molecule has 0 atom stereocenters. The molecule has 3 aromatic rings. The van der Waals surface area contributed by atoms with Gasteiger partial charge in [0.05, 0.1) is 8.66 Å². The molecule has 0 saturated heterocycles. The van der Waals surface area contributed by atoms with Crippen molar-refractivity contribution in [3.05, 3.63) is 57.0 Å². The molecule has 1 N–H and O–H groups in total. The smallest absolute Gasteiger partial charge is 0.149 e. The molecule has 5 heteroatoms. The zero-order valence-corrected chi connectivity index (χ0v) is 13.0. The van der Waals surface area contributed by atoms with Crippen molar-refractivity contribution in [2.24, 2.45) is 0 Å². The first-order valence-corrected chi connectivity index (χ1v) is 7.67. The Hall–Kier alpha value is -1.30. The Labute approximate surface area is 128 Å². The largest absolute Gasteiger partial charge is 0.338 e. The molecule has 0 aliphatic rings. The summed E-state index contributed by atoms with van der Waals surface area (Å²) in [7, 11) is 0. The number of aromatic nitrogens is 2. The van der Waals surface area contributed by atoms with Gasteiger partial charge in [-0.25, -0.2) is 4.98 Å². The standard InChI is InChI=1S/C14H9BrN2S2/c15-12-7-6-11(19-12)14-16-10(8-13(18)17-14)9-4-2-1-3-5-9/h1-8H,(H,16,17,18). The van der Waals surface area contributed by atoms with Gasteiger partial charge in [0.15, 0.2) is 0 Å². The van der Waals surface area contributed by atoms with Crippen LogP contribution in [0.3, 0.4) is 0 Å². The molecule has 19 heavy (non-hydrogen) atoms. The van der Waals surface area contributed by atoms with E-state index in [1.165, 1.54) is 0 Å². The molecule has 0 bridgehead atoms. The van der Waals surface area contributed by atoms with Gasteiger partial charge in [0.25, 0.3) is 0 Å². The highest BCUT2D eigenvalue weighted by Gasteiger charge is 2.06. The summed E-state index contributed by atoms with van der Waals surface area (Å²) in [4.78, 5) is 8.80. The van der Waals surface area contributed by atoms with Crippen LogP contribution in [-0.2, 0) is 0 Å². The van der Waals surface area contributed by atoms with Crippen LogP contribution in [0.5, 0.6) is 0 Å². The third-order valence-corrected chi connectivity index (χ3v) is 4.47. The molecule has 0 unspecified atom stereocenters. The first-order chi connectivity index (χ1) is 9.22. The molecule has 2 nitrogen and oxygen atoms in total. The molecule has 94 valence electrons. The minimum absolute atomic E-state index is 0.595. The summed E-state index contributed by atoms with van der Waals surface area (Å²) >= 11 is 10.3. The molecule has 0 saturated carbocycles. The molecule has 2 aromatic heterocycles. The molecule has 1 aromatic carbocycles. The molecular weight excluding hydrogens is 340 g/mol. The zero-order chi connectivity index (χ0) is 13.2. The van der Waals surface area contributed by atoms with Crippen LogP contribution in [0.25, 0.3) is 22.0 Å². The maximum absolute atomic E-state index is 5.26. The highest BCUT2D eigenvalue weighted by molar-refractivity contribution is 9.11. The van der Waals surface area contributed by atoms with Crippen molar-refractivity contribution in [2.75, 3.05) is 0 Å². The van der Waals surface area contributed by atoms with Gasteiger partial charge in [-0.2, -0.15) is 0 Å². The maximum atomic E-state index is 5.26. The average Bonchev–Trinajstić information content (AvgIpc) is 2.86. The number of benzene rings is 1. The van der Waals surface area contributed by atoms with Crippen LogP contribution in [-0.4, -0.2) is 9.97 Å². The first-order valence-electron chi connectivity index (χ1n) is 5.65. The van der Waals surface area contributed by atoms with E-state index in [4.69, 9.17) is 12.2 Å². The van der Waals surface area contributed by atoms with E-state index in [1.54, 1.807) is 11.3 Å². The van der Waals surface area contributed by atoms with Gasteiger partial charge in [0, 0.05) is 5.69 Å². The van der Waals surface area contributed by atoms with Gasteiger partial charge in [-0.05, 0) is 39.7 Å². The summed E-state index contributed by atoms with van der Waals surface area (Å²) in [5.74, 6) is 0.807. The van der Waals surface area contributed by atoms with E-state index < -0.39 is 0 Å². The van der Waals surface area contributed by atoms with Gasteiger partial charge in [-0.3, -0.25) is 0 Å². The molecule has 0 fully saturated rings. The van der Waals surface area contributed by atoms with Crippen molar-refractivity contribution in [2.45, 2.75) is 0 Å². The monoisotopic (exact) mass is 348 g/mol. The Kier molecular flexibility index (Phi) is 3.59. The molecule has 0 spiro atoms. The predicted octanol–water partition coefficient (Wildman–Crippen LogP) is 5.30. The van der Waals surface area contributed by atoms with Crippen molar-refractivity contribution in [3.8, 4) is 22.0 Å². The van der Waals surface area contributed by atoms with Crippen molar-refractivity contribution in [1.82, 2.24) is 9.97 Å². The topological polar surface area (TPSA) is 28.7 Å². The van der Waals surface area contributed by atoms with Gasteiger partial charge in [-0.1, -0.05) is 42.5 Å². The molecular formula is C14H9BrN2S2. The lowest BCUT2D eigenvalue weighted by Gasteiger charge is -2.04. The Morgan fingerprint density at radius 2 is 1.89 bits per heavy atom. The quantitative estimate of drug-likeness (QED) is 0.636. The van der Waals surface area contributed by atoms with E-state index in [0.29, 0.717) is 4.64 Å². The van der Waals surface area contributed by atoms with Crippen molar-refractivity contribution >= 4 is 39.5 Å². The van der Waals surface area contributed by atoms with E-state index in [-0.39, 0.29) is 0 Å². The summed E-state index contributed by atoms with van der Waals surface area (Å²) in [5, 5.41) is 0. The van der Waals surface area contributed by atoms with E-state index in [1.807, 2.05) is 36.4 Å². The minimum atomic E-state index is 0.595. The fraction of sp³-hybridized carbons (Fsp3) is 0. The lowest BCUT2D eigenvalue weighted by atomic mass is 10.1. The van der Waals surface area contributed by atoms with Crippen LogP contribution in [0.4, 0.5) is 0 Å². The number of nitrogens with one attached hydrogen (secondary N) is 1. The number of H-pyrrole nitrogens is 1. The van der Waals surface area contributed by atoms with E-state index in [0.717, 1.165) is 25.7 Å².